The van der Waals surface area contributed by atoms with Crippen LogP contribution in [0.15, 0.2) is 53.5 Å². The van der Waals surface area contributed by atoms with Gasteiger partial charge in [-0.3, -0.25) is 4.99 Å². The molecular formula is C24H33N3O3. The minimum Gasteiger partial charge on any atom is -0.497 e. The zero-order valence-corrected chi connectivity index (χ0v) is 18.2. The van der Waals surface area contributed by atoms with E-state index in [4.69, 9.17) is 14.2 Å². The van der Waals surface area contributed by atoms with Gasteiger partial charge in [-0.25, -0.2) is 0 Å². The van der Waals surface area contributed by atoms with Gasteiger partial charge in [-0.05, 0) is 49.6 Å². The average molecular weight is 412 g/mol. The molecule has 6 nitrogen and oxygen atoms in total. The van der Waals surface area contributed by atoms with Crippen LogP contribution in [0.2, 0.25) is 0 Å². The van der Waals surface area contributed by atoms with E-state index in [0.29, 0.717) is 13.2 Å². The summed E-state index contributed by atoms with van der Waals surface area (Å²) in [6, 6.07) is 16.5. The Morgan fingerprint density at radius 1 is 1.00 bits per heavy atom. The number of aryl methyl sites for hydroxylation is 1. The molecule has 0 aliphatic carbocycles. The van der Waals surface area contributed by atoms with Crippen molar-refractivity contribution >= 4 is 5.96 Å². The van der Waals surface area contributed by atoms with E-state index in [9.17, 15) is 0 Å². The van der Waals surface area contributed by atoms with Crippen molar-refractivity contribution in [3.05, 3.63) is 59.7 Å². The summed E-state index contributed by atoms with van der Waals surface area (Å²) in [6.45, 7) is 5.64. The summed E-state index contributed by atoms with van der Waals surface area (Å²) >= 11 is 0. The SMILES string of the molecule is CN=C(NCCOc1ccc(C)cc1)NCC1(c2ccc(OC)cc2)CCOCC1. The summed E-state index contributed by atoms with van der Waals surface area (Å²) in [4.78, 5) is 4.37. The lowest BCUT2D eigenvalue weighted by molar-refractivity contribution is 0.0513. The molecule has 162 valence electrons. The van der Waals surface area contributed by atoms with Crippen molar-refractivity contribution in [2.75, 3.05) is 47.1 Å². The largest absolute Gasteiger partial charge is 0.497 e. The summed E-state index contributed by atoms with van der Waals surface area (Å²) in [5.41, 5.74) is 2.54. The highest BCUT2D eigenvalue weighted by molar-refractivity contribution is 5.79. The van der Waals surface area contributed by atoms with Crippen LogP contribution in [-0.4, -0.2) is 53.0 Å². The average Bonchev–Trinajstić information content (AvgIpc) is 2.80. The molecule has 1 aliphatic heterocycles. The van der Waals surface area contributed by atoms with Crippen molar-refractivity contribution in [2.45, 2.75) is 25.2 Å². The number of nitrogens with zero attached hydrogens (tertiary/aromatic N) is 1. The van der Waals surface area contributed by atoms with Gasteiger partial charge in [-0.15, -0.1) is 0 Å². The van der Waals surface area contributed by atoms with Crippen LogP contribution in [-0.2, 0) is 10.2 Å². The second-order valence-corrected chi connectivity index (χ2v) is 7.64. The van der Waals surface area contributed by atoms with Gasteiger partial charge in [-0.1, -0.05) is 29.8 Å². The summed E-state index contributed by atoms with van der Waals surface area (Å²) in [7, 11) is 3.49. The molecule has 0 spiro atoms. The van der Waals surface area contributed by atoms with Crippen molar-refractivity contribution in [3.8, 4) is 11.5 Å². The number of methoxy groups -OCH3 is 1. The van der Waals surface area contributed by atoms with Crippen molar-refractivity contribution in [2.24, 2.45) is 4.99 Å². The highest BCUT2D eigenvalue weighted by Crippen LogP contribution is 2.35. The summed E-state index contributed by atoms with van der Waals surface area (Å²) < 4.78 is 16.7. The summed E-state index contributed by atoms with van der Waals surface area (Å²) in [5, 5.41) is 6.85. The van der Waals surface area contributed by atoms with E-state index in [1.807, 2.05) is 24.3 Å². The van der Waals surface area contributed by atoms with Crippen molar-refractivity contribution < 1.29 is 14.2 Å². The number of hydrogen-bond donors (Lipinski definition) is 2. The topological polar surface area (TPSA) is 64.1 Å². The molecule has 1 heterocycles. The van der Waals surface area contributed by atoms with Gasteiger partial charge in [0.15, 0.2) is 5.96 Å². The van der Waals surface area contributed by atoms with Crippen LogP contribution in [0.25, 0.3) is 0 Å². The molecule has 1 saturated heterocycles. The molecular weight excluding hydrogens is 378 g/mol. The first-order chi connectivity index (χ1) is 14.6. The molecule has 0 bridgehead atoms. The lowest BCUT2D eigenvalue weighted by Crippen LogP contribution is -2.48. The third kappa shape index (κ3) is 5.89. The number of hydrogen-bond acceptors (Lipinski definition) is 4. The van der Waals surface area contributed by atoms with E-state index >= 15 is 0 Å². The fourth-order valence-electron chi connectivity index (χ4n) is 3.72. The Bertz CT molecular complexity index is 797. The first-order valence-electron chi connectivity index (χ1n) is 10.5. The van der Waals surface area contributed by atoms with Gasteiger partial charge in [0.25, 0.3) is 0 Å². The first-order valence-corrected chi connectivity index (χ1v) is 10.5. The molecule has 0 atom stereocenters. The van der Waals surface area contributed by atoms with Crippen LogP contribution in [0.5, 0.6) is 11.5 Å². The smallest absolute Gasteiger partial charge is 0.191 e. The lowest BCUT2D eigenvalue weighted by Gasteiger charge is -2.38. The van der Waals surface area contributed by atoms with Gasteiger partial charge in [0, 0.05) is 32.2 Å². The van der Waals surface area contributed by atoms with Crippen LogP contribution in [0.1, 0.15) is 24.0 Å². The normalized spacial score (nSPS) is 16.0. The molecule has 1 aliphatic rings. The van der Waals surface area contributed by atoms with E-state index in [1.54, 1.807) is 14.2 Å². The van der Waals surface area contributed by atoms with E-state index in [-0.39, 0.29) is 5.41 Å². The minimum atomic E-state index is 0.0144. The quantitative estimate of drug-likeness (QED) is 0.396. The summed E-state index contributed by atoms with van der Waals surface area (Å²) in [6.07, 6.45) is 1.94. The predicted molar refractivity (Wildman–Crippen MR) is 121 cm³/mol. The third-order valence-corrected chi connectivity index (χ3v) is 5.65. The Morgan fingerprint density at radius 3 is 2.30 bits per heavy atom. The lowest BCUT2D eigenvalue weighted by atomic mass is 9.74. The van der Waals surface area contributed by atoms with E-state index in [0.717, 1.165) is 50.1 Å². The van der Waals surface area contributed by atoms with Gasteiger partial charge >= 0.3 is 0 Å². The Morgan fingerprint density at radius 2 is 1.67 bits per heavy atom. The number of benzene rings is 2. The molecule has 1 fully saturated rings. The maximum absolute atomic E-state index is 5.79. The standard InChI is InChI=1S/C24H33N3O3/c1-19-4-8-22(9-5-19)30-17-14-26-23(25-2)27-18-24(12-15-29-16-13-24)20-6-10-21(28-3)11-7-20/h4-11H,12-18H2,1-3H3,(H2,25,26,27). The Balaban J connectivity index is 1.53. The van der Waals surface area contributed by atoms with Crippen LogP contribution < -0.4 is 20.1 Å². The van der Waals surface area contributed by atoms with Gasteiger partial charge in [0.2, 0.25) is 0 Å². The molecule has 0 aromatic heterocycles. The Labute approximate surface area is 179 Å². The Kier molecular flexibility index (Phi) is 7.97. The van der Waals surface area contributed by atoms with Gasteiger partial charge in [-0.2, -0.15) is 0 Å². The Hall–Kier alpha value is -2.73. The molecule has 2 aromatic carbocycles. The molecule has 30 heavy (non-hydrogen) atoms. The van der Waals surface area contributed by atoms with Crippen molar-refractivity contribution in [3.63, 3.8) is 0 Å². The predicted octanol–water partition coefficient (Wildman–Crippen LogP) is 3.30. The second kappa shape index (κ2) is 10.9. The maximum Gasteiger partial charge on any atom is 0.191 e. The van der Waals surface area contributed by atoms with Crippen molar-refractivity contribution in [1.29, 1.82) is 0 Å². The molecule has 2 N–H and O–H groups in total. The highest BCUT2D eigenvalue weighted by Gasteiger charge is 2.34. The van der Waals surface area contributed by atoms with E-state index in [1.165, 1.54) is 11.1 Å². The van der Waals surface area contributed by atoms with Gasteiger partial charge in [0.05, 0.1) is 13.7 Å². The van der Waals surface area contributed by atoms with E-state index < -0.39 is 0 Å². The summed E-state index contributed by atoms with van der Waals surface area (Å²) in [5.74, 6) is 2.54. The molecule has 2 aromatic rings. The van der Waals surface area contributed by atoms with Crippen LogP contribution in [0, 0.1) is 6.92 Å². The number of aliphatic imine (C=N–C) groups is 1. The monoisotopic (exact) mass is 411 g/mol. The second-order valence-electron chi connectivity index (χ2n) is 7.64. The molecule has 0 unspecified atom stereocenters. The highest BCUT2D eigenvalue weighted by atomic mass is 16.5. The minimum absolute atomic E-state index is 0.0144. The van der Waals surface area contributed by atoms with Crippen LogP contribution in [0.3, 0.4) is 0 Å². The number of ether oxygens (including phenoxy) is 3. The number of nitrogens with one attached hydrogen (secondary N) is 2. The number of rotatable bonds is 8. The van der Waals surface area contributed by atoms with E-state index in [2.05, 4.69) is 46.8 Å². The van der Waals surface area contributed by atoms with Crippen LogP contribution >= 0.6 is 0 Å². The third-order valence-electron chi connectivity index (χ3n) is 5.65. The fraction of sp³-hybridized carbons (Fsp3) is 0.458. The van der Waals surface area contributed by atoms with Gasteiger partial charge in [0.1, 0.15) is 18.1 Å². The molecule has 3 rings (SSSR count). The molecule has 0 amide bonds. The zero-order valence-electron chi connectivity index (χ0n) is 18.2. The number of guanidine groups is 1. The molecule has 0 radical (unpaired) electrons. The van der Waals surface area contributed by atoms with Crippen molar-refractivity contribution in [1.82, 2.24) is 10.6 Å². The molecule has 0 saturated carbocycles. The maximum atomic E-state index is 5.79. The molecule has 6 heteroatoms. The zero-order chi connectivity index (χ0) is 21.2. The fourth-order valence-corrected chi connectivity index (χ4v) is 3.72. The van der Waals surface area contributed by atoms with Crippen LogP contribution in [0.4, 0.5) is 0 Å². The first kappa shape index (κ1) is 22.0. The van der Waals surface area contributed by atoms with Gasteiger partial charge < -0.3 is 24.8 Å².